The van der Waals surface area contributed by atoms with Crippen LogP contribution in [-0.2, 0) is 0 Å². The van der Waals surface area contributed by atoms with E-state index in [0.717, 1.165) is 24.9 Å². The van der Waals surface area contributed by atoms with Gasteiger partial charge in [-0.25, -0.2) is 0 Å². The van der Waals surface area contributed by atoms with Crippen LogP contribution in [0.15, 0.2) is 29.4 Å². The average molecular weight is 272 g/mol. The number of ketones is 1. The van der Waals surface area contributed by atoms with E-state index in [2.05, 4.69) is 10.1 Å². The van der Waals surface area contributed by atoms with E-state index in [0.29, 0.717) is 17.8 Å². The lowest BCUT2D eigenvalue weighted by Gasteiger charge is -2.23. The van der Waals surface area contributed by atoms with Gasteiger partial charge in [-0.1, -0.05) is 12.8 Å². The highest BCUT2D eigenvalue weighted by molar-refractivity contribution is 5.97. The first kappa shape index (κ1) is 13.4. The van der Waals surface area contributed by atoms with Gasteiger partial charge in [0.05, 0.1) is 6.54 Å². The van der Waals surface area contributed by atoms with Crippen LogP contribution in [0.5, 0.6) is 0 Å². The lowest BCUT2D eigenvalue weighted by atomic mass is 9.82. The molecule has 0 amide bonds. The Morgan fingerprint density at radius 1 is 1.10 bits per heavy atom. The van der Waals surface area contributed by atoms with Gasteiger partial charge in [0.2, 0.25) is 0 Å². The molecule has 0 N–H and O–H groups in total. The van der Waals surface area contributed by atoms with Crippen molar-refractivity contribution in [2.45, 2.75) is 25.7 Å². The van der Waals surface area contributed by atoms with Crippen LogP contribution in [0, 0.1) is 16.7 Å². The molecular weight excluding hydrogens is 252 g/mol. The SMILES string of the molecule is O=Nc1ccc(C(=O)CN2CC3CCCCC3C2)cc1. The maximum absolute atomic E-state index is 12.3. The molecule has 2 atom stereocenters. The molecule has 0 spiro atoms. The van der Waals surface area contributed by atoms with E-state index in [-0.39, 0.29) is 5.78 Å². The largest absolute Gasteiger partial charge is 0.295 e. The molecule has 2 aliphatic rings. The number of carbonyl (C=O) groups is 1. The van der Waals surface area contributed by atoms with E-state index in [1.165, 1.54) is 25.7 Å². The van der Waals surface area contributed by atoms with Crippen molar-refractivity contribution in [2.75, 3.05) is 19.6 Å². The van der Waals surface area contributed by atoms with Crippen LogP contribution in [0.25, 0.3) is 0 Å². The molecule has 1 aliphatic heterocycles. The third-order valence-electron chi connectivity index (χ3n) is 4.71. The number of Topliss-reactive ketones (excluding diaryl/α,β-unsaturated/α-hetero) is 1. The molecule has 1 aromatic rings. The monoisotopic (exact) mass is 272 g/mol. The summed E-state index contributed by atoms with van der Waals surface area (Å²) in [6.45, 7) is 2.65. The maximum Gasteiger partial charge on any atom is 0.176 e. The minimum atomic E-state index is 0.140. The van der Waals surface area contributed by atoms with E-state index in [4.69, 9.17) is 0 Å². The van der Waals surface area contributed by atoms with Gasteiger partial charge >= 0.3 is 0 Å². The molecule has 4 heteroatoms. The Bertz CT molecular complexity index is 484. The fraction of sp³-hybridized carbons (Fsp3) is 0.562. The first-order valence-electron chi connectivity index (χ1n) is 7.45. The predicted molar refractivity (Wildman–Crippen MR) is 78.1 cm³/mol. The van der Waals surface area contributed by atoms with Crippen molar-refractivity contribution in [1.82, 2.24) is 4.90 Å². The molecule has 20 heavy (non-hydrogen) atoms. The molecule has 1 heterocycles. The van der Waals surface area contributed by atoms with Crippen molar-refractivity contribution in [2.24, 2.45) is 17.0 Å². The van der Waals surface area contributed by atoms with Crippen LogP contribution < -0.4 is 0 Å². The van der Waals surface area contributed by atoms with Gasteiger partial charge in [0, 0.05) is 18.7 Å². The summed E-state index contributed by atoms with van der Waals surface area (Å²) in [4.78, 5) is 24.9. The number of hydrogen-bond donors (Lipinski definition) is 0. The highest BCUT2D eigenvalue weighted by atomic mass is 16.3. The average Bonchev–Trinajstić information content (AvgIpc) is 2.89. The number of nitrogens with zero attached hydrogens (tertiary/aromatic N) is 2. The molecule has 2 unspecified atom stereocenters. The smallest absolute Gasteiger partial charge is 0.176 e. The lowest BCUT2D eigenvalue weighted by Crippen LogP contribution is -2.28. The molecular formula is C16H20N2O2. The second-order valence-electron chi connectivity index (χ2n) is 6.06. The summed E-state index contributed by atoms with van der Waals surface area (Å²) < 4.78 is 0. The summed E-state index contributed by atoms with van der Waals surface area (Å²) in [6.07, 6.45) is 5.36. The lowest BCUT2D eigenvalue weighted by molar-refractivity contribution is 0.0942. The van der Waals surface area contributed by atoms with Gasteiger partial charge in [-0.15, -0.1) is 4.91 Å². The summed E-state index contributed by atoms with van der Waals surface area (Å²) in [5.41, 5.74) is 1.04. The predicted octanol–water partition coefficient (Wildman–Crippen LogP) is 3.39. The normalized spacial score (nSPS) is 26.2. The zero-order valence-electron chi connectivity index (χ0n) is 11.6. The first-order valence-corrected chi connectivity index (χ1v) is 7.45. The van der Waals surface area contributed by atoms with Crippen LogP contribution in [0.2, 0.25) is 0 Å². The van der Waals surface area contributed by atoms with Crippen LogP contribution in [-0.4, -0.2) is 30.3 Å². The van der Waals surface area contributed by atoms with Crippen molar-refractivity contribution in [1.29, 1.82) is 0 Å². The van der Waals surface area contributed by atoms with Gasteiger partial charge < -0.3 is 0 Å². The first-order chi connectivity index (χ1) is 9.76. The van der Waals surface area contributed by atoms with Crippen LogP contribution in [0.1, 0.15) is 36.0 Å². The van der Waals surface area contributed by atoms with Gasteiger partial charge in [0.25, 0.3) is 0 Å². The number of likely N-dealkylation sites (tertiary alicyclic amines) is 1. The summed E-state index contributed by atoms with van der Waals surface area (Å²) >= 11 is 0. The summed E-state index contributed by atoms with van der Waals surface area (Å²) in [5, 5.41) is 2.85. The van der Waals surface area contributed by atoms with Crippen LogP contribution >= 0.6 is 0 Å². The van der Waals surface area contributed by atoms with Gasteiger partial charge in [0.15, 0.2) is 5.78 Å². The zero-order valence-corrected chi connectivity index (χ0v) is 11.6. The fourth-order valence-electron chi connectivity index (χ4n) is 3.63. The Morgan fingerprint density at radius 3 is 2.25 bits per heavy atom. The van der Waals surface area contributed by atoms with Crippen molar-refractivity contribution < 1.29 is 4.79 Å². The number of fused-ring (bicyclic) bond motifs is 1. The Labute approximate surface area is 119 Å². The summed E-state index contributed by atoms with van der Waals surface area (Å²) in [6, 6.07) is 6.60. The molecule has 4 nitrogen and oxygen atoms in total. The van der Waals surface area contributed by atoms with E-state index < -0.39 is 0 Å². The minimum Gasteiger partial charge on any atom is -0.295 e. The molecule has 0 radical (unpaired) electrons. The summed E-state index contributed by atoms with van der Waals surface area (Å²) in [7, 11) is 0. The zero-order chi connectivity index (χ0) is 13.9. The second-order valence-corrected chi connectivity index (χ2v) is 6.06. The molecule has 1 aliphatic carbocycles. The van der Waals surface area contributed by atoms with Gasteiger partial charge in [-0.2, -0.15) is 0 Å². The molecule has 1 saturated carbocycles. The van der Waals surface area contributed by atoms with E-state index in [9.17, 15) is 9.70 Å². The Kier molecular flexibility index (Phi) is 3.92. The molecule has 3 rings (SSSR count). The molecule has 2 fully saturated rings. The molecule has 106 valence electrons. The fourth-order valence-corrected chi connectivity index (χ4v) is 3.63. The second kappa shape index (κ2) is 5.83. The maximum atomic E-state index is 12.3. The Balaban J connectivity index is 1.59. The highest BCUT2D eigenvalue weighted by Crippen LogP contribution is 2.35. The highest BCUT2D eigenvalue weighted by Gasteiger charge is 2.34. The van der Waals surface area contributed by atoms with Crippen molar-refractivity contribution in [3.05, 3.63) is 34.7 Å². The van der Waals surface area contributed by atoms with Gasteiger partial charge in [0.1, 0.15) is 5.69 Å². The van der Waals surface area contributed by atoms with E-state index in [1.807, 2.05) is 0 Å². The number of benzene rings is 1. The van der Waals surface area contributed by atoms with Crippen molar-refractivity contribution in [3.63, 3.8) is 0 Å². The number of hydrogen-bond acceptors (Lipinski definition) is 4. The van der Waals surface area contributed by atoms with Crippen LogP contribution in [0.3, 0.4) is 0 Å². The molecule has 1 aromatic carbocycles. The van der Waals surface area contributed by atoms with Crippen molar-refractivity contribution in [3.8, 4) is 0 Å². The Morgan fingerprint density at radius 2 is 1.70 bits per heavy atom. The van der Waals surface area contributed by atoms with E-state index in [1.54, 1.807) is 24.3 Å². The number of carbonyl (C=O) groups excluding carboxylic acids is 1. The molecule has 1 saturated heterocycles. The minimum absolute atomic E-state index is 0.140. The third-order valence-corrected chi connectivity index (χ3v) is 4.71. The van der Waals surface area contributed by atoms with Crippen LogP contribution in [0.4, 0.5) is 5.69 Å². The number of nitroso groups, excluding NO2 is 1. The summed E-state index contributed by atoms with van der Waals surface area (Å²) in [5.74, 6) is 1.75. The molecule has 0 aromatic heterocycles. The quantitative estimate of drug-likeness (QED) is 0.623. The standard InChI is InChI=1S/C16H20N2O2/c19-16(12-5-7-15(17-20)8-6-12)11-18-9-13-3-1-2-4-14(13)10-18/h5-8,13-14H,1-4,9-11H2. The molecule has 0 bridgehead atoms. The van der Waals surface area contributed by atoms with Crippen molar-refractivity contribution >= 4 is 11.5 Å². The third kappa shape index (κ3) is 2.80. The van der Waals surface area contributed by atoms with Gasteiger partial charge in [-0.3, -0.25) is 9.69 Å². The topological polar surface area (TPSA) is 49.7 Å². The number of rotatable bonds is 4. The van der Waals surface area contributed by atoms with Gasteiger partial charge in [-0.05, 0) is 54.1 Å². The van der Waals surface area contributed by atoms with E-state index >= 15 is 0 Å². The Hall–Kier alpha value is -1.55.